The summed E-state index contributed by atoms with van der Waals surface area (Å²) in [6, 6.07) is 4.13. The van der Waals surface area contributed by atoms with E-state index in [1.807, 2.05) is 12.3 Å². The number of piperazine rings is 1. The Morgan fingerprint density at radius 1 is 0.742 bits per heavy atom. The fourth-order valence-corrected chi connectivity index (χ4v) is 4.42. The van der Waals surface area contributed by atoms with E-state index >= 15 is 0 Å². The van der Waals surface area contributed by atoms with Crippen molar-refractivity contribution >= 4 is 17.7 Å². The number of hydrogen-bond acceptors (Lipinski definition) is 9. The van der Waals surface area contributed by atoms with Gasteiger partial charge in [0.1, 0.15) is 5.82 Å². The van der Waals surface area contributed by atoms with Crippen molar-refractivity contribution in [2.24, 2.45) is 0 Å². The first kappa shape index (κ1) is 20.4. The molecular weight excluding hydrogens is 392 g/mol. The van der Waals surface area contributed by atoms with Crippen LogP contribution in [-0.4, -0.2) is 85.5 Å². The van der Waals surface area contributed by atoms with Gasteiger partial charge in [0, 0.05) is 64.1 Å². The molecule has 0 aliphatic carbocycles. The normalized spacial score (nSPS) is 20.6. The molecule has 2 aromatic rings. The molecule has 5 rings (SSSR count). The number of pyridine rings is 1. The highest BCUT2D eigenvalue weighted by Crippen LogP contribution is 2.26. The minimum absolute atomic E-state index is 0.711. The minimum Gasteiger partial charge on any atom is -0.378 e. The Hall–Kier alpha value is -2.52. The molecule has 0 saturated carbocycles. The largest absolute Gasteiger partial charge is 0.378 e. The lowest BCUT2D eigenvalue weighted by atomic mass is 10.2. The van der Waals surface area contributed by atoms with E-state index in [1.165, 1.54) is 25.7 Å². The Bertz CT molecular complexity index is 858. The Kier molecular flexibility index (Phi) is 6.40. The molecule has 9 nitrogen and oxygen atoms in total. The molecule has 0 bridgehead atoms. The maximum absolute atomic E-state index is 5.54. The maximum Gasteiger partial charge on any atom is 0.230 e. The van der Waals surface area contributed by atoms with Gasteiger partial charge in [-0.2, -0.15) is 15.0 Å². The molecule has 1 N–H and O–H groups in total. The van der Waals surface area contributed by atoms with Crippen molar-refractivity contribution in [2.75, 3.05) is 80.3 Å². The average molecular weight is 425 g/mol. The van der Waals surface area contributed by atoms with Crippen molar-refractivity contribution < 1.29 is 4.74 Å². The van der Waals surface area contributed by atoms with E-state index in [1.54, 1.807) is 0 Å². The molecule has 0 aromatic carbocycles. The van der Waals surface area contributed by atoms with E-state index < -0.39 is 0 Å². The van der Waals surface area contributed by atoms with Gasteiger partial charge in [0.2, 0.25) is 11.9 Å². The number of hydrogen-bond donors (Lipinski definition) is 1. The molecule has 5 heterocycles. The van der Waals surface area contributed by atoms with E-state index in [-0.39, 0.29) is 0 Å². The van der Waals surface area contributed by atoms with E-state index in [9.17, 15) is 0 Å². The van der Waals surface area contributed by atoms with Crippen molar-refractivity contribution in [3.63, 3.8) is 0 Å². The summed E-state index contributed by atoms with van der Waals surface area (Å²) in [5.41, 5.74) is 0.997. The third-order valence-electron chi connectivity index (χ3n) is 6.24. The van der Waals surface area contributed by atoms with Crippen molar-refractivity contribution in [2.45, 2.75) is 25.7 Å². The van der Waals surface area contributed by atoms with Crippen LogP contribution in [0.1, 0.15) is 25.7 Å². The topological polar surface area (TPSA) is 82.5 Å². The van der Waals surface area contributed by atoms with Crippen molar-refractivity contribution in [1.29, 1.82) is 0 Å². The predicted octanol–water partition coefficient (Wildman–Crippen LogP) is 1.56. The summed E-state index contributed by atoms with van der Waals surface area (Å²) in [6.07, 6.45) is 6.81. The van der Waals surface area contributed by atoms with E-state index in [0.717, 1.165) is 81.5 Å². The number of ether oxygens (including phenoxy) is 1. The van der Waals surface area contributed by atoms with Crippen LogP contribution in [0.15, 0.2) is 18.3 Å². The maximum atomic E-state index is 5.54. The van der Waals surface area contributed by atoms with Gasteiger partial charge in [-0.3, -0.25) is 0 Å². The molecule has 166 valence electrons. The van der Waals surface area contributed by atoms with E-state index in [4.69, 9.17) is 19.7 Å². The highest BCUT2D eigenvalue weighted by molar-refractivity contribution is 5.62. The smallest absolute Gasteiger partial charge is 0.230 e. The summed E-state index contributed by atoms with van der Waals surface area (Å²) in [5, 5.41) is 3.40. The van der Waals surface area contributed by atoms with Gasteiger partial charge >= 0.3 is 0 Å². The standard InChI is InChI=1S/C22H32N8O/c1-2-4-10-29(9-3-1)21-25-20(26-22(27-21)30-13-15-31-16-14-30)18-5-6-24-19(17-18)28-11-7-23-8-12-28/h5-6,17,23H,1-4,7-16H2. The number of aromatic nitrogens is 4. The number of nitrogens with zero attached hydrogens (tertiary/aromatic N) is 7. The van der Waals surface area contributed by atoms with E-state index in [2.05, 4.69) is 31.1 Å². The Balaban J connectivity index is 1.50. The van der Waals surface area contributed by atoms with Gasteiger partial charge in [-0.15, -0.1) is 0 Å². The summed E-state index contributed by atoms with van der Waals surface area (Å²) in [6.45, 7) is 8.96. The zero-order chi connectivity index (χ0) is 20.9. The molecule has 3 aliphatic rings. The predicted molar refractivity (Wildman–Crippen MR) is 122 cm³/mol. The molecule has 3 saturated heterocycles. The molecular formula is C22H32N8O. The number of anilines is 3. The van der Waals surface area contributed by atoms with Crippen LogP contribution in [0.3, 0.4) is 0 Å². The number of rotatable bonds is 4. The molecule has 3 fully saturated rings. The van der Waals surface area contributed by atoms with Crippen LogP contribution in [0.4, 0.5) is 17.7 Å². The third kappa shape index (κ3) is 4.88. The van der Waals surface area contributed by atoms with Gasteiger partial charge in [0.15, 0.2) is 5.82 Å². The van der Waals surface area contributed by atoms with Crippen LogP contribution in [-0.2, 0) is 4.74 Å². The lowest BCUT2D eigenvalue weighted by Gasteiger charge is -2.29. The molecule has 0 radical (unpaired) electrons. The first-order chi connectivity index (χ1) is 15.4. The van der Waals surface area contributed by atoms with Crippen LogP contribution < -0.4 is 20.0 Å². The third-order valence-corrected chi connectivity index (χ3v) is 6.24. The highest BCUT2D eigenvalue weighted by Gasteiger charge is 2.21. The zero-order valence-electron chi connectivity index (χ0n) is 18.2. The summed E-state index contributed by atoms with van der Waals surface area (Å²) < 4.78 is 5.54. The monoisotopic (exact) mass is 424 g/mol. The Labute approximate surface area is 183 Å². The van der Waals surface area contributed by atoms with Gasteiger partial charge in [0.05, 0.1) is 13.2 Å². The first-order valence-electron chi connectivity index (χ1n) is 11.6. The first-order valence-corrected chi connectivity index (χ1v) is 11.6. The van der Waals surface area contributed by atoms with Gasteiger partial charge in [-0.1, -0.05) is 12.8 Å². The molecule has 0 amide bonds. The number of nitrogens with one attached hydrogen (secondary N) is 1. The van der Waals surface area contributed by atoms with Crippen LogP contribution in [0.2, 0.25) is 0 Å². The lowest BCUT2D eigenvalue weighted by molar-refractivity contribution is 0.122. The molecule has 3 aliphatic heterocycles. The zero-order valence-corrected chi connectivity index (χ0v) is 18.2. The van der Waals surface area contributed by atoms with Gasteiger partial charge in [0.25, 0.3) is 0 Å². The fraction of sp³-hybridized carbons (Fsp3) is 0.636. The molecule has 2 aromatic heterocycles. The van der Waals surface area contributed by atoms with Crippen molar-refractivity contribution in [3.8, 4) is 11.4 Å². The van der Waals surface area contributed by atoms with Gasteiger partial charge in [-0.05, 0) is 25.0 Å². The number of morpholine rings is 1. The molecule has 31 heavy (non-hydrogen) atoms. The van der Waals surface area contributed by atoms with Crippen molar-refractivity contribution in [3.05, 3.63) is 18.3 Å². The van der Waals surface area contributed by atoms with Crippen LogP contribution >= 0.6 is 0 Å². The molecule has 0 unspecified atom stereocenters. The quantitative estimate of drug-likeness (QED) is 0.786. The lowest BCUT2D eigenvalue weighted by Crippen LogP contribution is -2.43. The SMILES string of the molecule is c1cc(-c2nc(N3CCCCCC3)nc(N3CCOCC3)n2)cc(N2CCNCC2)n1. The second-order valence-electron chi connectivity index (χ2n) is 8.40. The second-order valence-corrected chi connectivity index (χ2v) is 8.40. The summed E-state index contributed by atoms with van der Waals surface area (Å²) >= 11 is 0. The summed E-state index contributed by atoms with van der Waals surface area (Å²) in [7, 11) is 0. The Morgan fingerprint density at radius 2 is 1.42 bits per heavy atom. The van der Waals surface area contributed by atoms with Crippen molar-refractivity contribution in [1.82, 2.24) is 25.3 Å². The van der Waals surface area contributed by atoms with E-state index in [0.29, 0.717) is 13.2 Å². The highest BCUT2D eigenvalue weighted by atomic mass is 16.5. The van der Waals surface area contributed by atoms with Gasteiger partial charge < -0.3 is 24.8 Å². The van der Waals surface area contributed by atoms with Crippen LogP contribution in [0, 0.1) is 0 Å². The van der Waals surface area contributed by atoms with Crippen LogP contribution in [0.5, 0.6) is 0 Å². The molecule has 9 heteroatoms. The Morgan fingerprint density at radius 3 is 2.13 bits per heavy atom. The van der Waals surface area contributed by atoms with Crippen LogP contribution in [0.25, 0.3) is 11.4 Å². The summed E-state index contributed by atoms with van der Waals surface area (Å²) in [4.78, 5) is 26.2. The minimum atomic E-state index is 0.711. The summed E-state index contributed by atoms with van der Waals surface area (Å²) in [5.74, 6) is 3.28. The van der Waals surface area contributed by atoms with Gasteiger partial charge in [-0.25, -0.2) is 4.98 Å². The average Bonchev–Trinajstić information content (AvgIpc) is 3.15. The molecule has 0 atom stereocenters. The fourth-order valence-electron chi connectivity index (χ4n) is 4.42. The molecule has 0 spiro atoms. The second kappa shape index (κ2) is 9.74.